The first kappa shape index (κ1) is 14.7. The number of aromatic nitrogens is 1. The first-order chi connectivity index (χ1) is 9.69. The number of furan rings is 1. The van der Waals surface area contributed by atoms with Crippen LogP contribution in [0.15, 0.2) is 44.5 Å². The smallest absolute Gasteiger partial charge is 0.192 e. The van der Waals surface area contributed by atoms with Gasteiger partial charge >= 0.3 is 0 Å². The molecule has 0 saturated carbocycles. The Bertz CT molecular complexity index is 560. The number of hydrogen-bond acceptors (Lipinski definition) is 2. The summed E-state index contributed by atoms with van der Waals surface area (Å²) in [6.07, 6.45) is 3.69. The predicted octanol–water partition coefficient (Wildman–Crippen LogP) is 2.64. The summed E-state index contributed by atoms with van der Waals surface area (Å²) < 4.78 is 8.42. The Hall–Kier alpha value is -1.69. The lowest BCUT2D eigenvalue weighted by Crippen LogP contribution is -2.36. The maximum atomic E-state index is 5.29. The normalized spacial score (nSPS) is 11.7. The van der Waals surface area contributed by atoms with Crippen molar-refractivity contribution in [1.82, 2.24) is 15.2 Å². The van der Waals surface area contributed by atoms with Crippen LogP contribution in [0.5, 0.6) is 0 Å². The van der Waals surface area contributed by atoms with E-state index in [1.807, 2.05) is 32.3 Å². The molecule has 2 N–H and O–H groups in total. The van der Waals surface area contributed by atoms with Crippen LogP contribution in [0.3, 0.4) is 0 Å². The van der Waals surface area contributed by atoms with Gasteiger partial charge in [0.15, 0.2) is 5.96 Å². The average Bonchev–Trinajstić information content (AvgIpc) is 3.03. The van der Waals surface area contributed by atoms with Gasteiger partial charge in [0.05, 0.1) is 19.4 Å². The summed E-state index contributed by atoms with van der Waals surface area (Å²) in [4.78, 5) is 4.57. The van der Waals surface area contributed by atoms with Gasteiger partial charge in [-0.2, -0.15) is 0 Å². The fourth-order valence-electron chi connectivity index (χ4n) is 1.81. The Morgan fingerprint density at radius 2 is 2.30 bits per heavy atom. The minimum absolute atomic E-state index is 0.621. The van der Waals surface area contributed by atoms with Gasteiger partial charge in [0.25, 0.3) is 0 Å². The van der Waals surface area contributed by atoms with Crippen LogP contribution in [-0.2, 0) is 20.1 Å². The Morgan fingerprint density at radius 1 is 1.45 bits per heavy atom. The molecule has 0 atom stereocenters. The van der Waals surface area contributed by atoms with Crippen LogP contribution in [0.25, 0.3) is 0 Å². The van der Waals surface area contributed by atoms with Gasteiger partial charge in [0, 0.05) is 30.0 Å². The predicted molar refractivity (Wildman–Crippen MR) is 83.5 cm³/mol. The summed E-state index contributed by atoms with van der Waals surface area (Å²) in [6.45, 7) is 4.11. The van der Waals surface area contributed by atoms with Crippen LogP contribution in [0.2, 0.25) is 0 Å². The van der Waals surface area contributed by atoms with Gasteiger partial charge < -0.3 is 19.6 Å². The van der Waals surface area contributed by atoms with E-state index in [9.17, 15) is 0 Å². The van der Waals surface area contributed by atoms with Crippen LogP contribution >= 0.6 is 15.9 Å². The number of halogens is 1. The third-order valence-electron chi connectivity index (χ3n) is 2.83. The first-order valence-electron chi connectivity index (χ1n) is 6.54. The number of aliphatic imine (C=N–C) groups is 1. The zero-order valence-corrected chi connectivity index (χ0v) is 13.3. The van der Waals surface area contributed by atoms with Gasteiger partial charge in [0.1, 0.15) is 5.76 Å². The second-order valence-electron chi connectivity index (χ2n) is 4.39. The lowest BCUT2D eigenvalue weighted by Gasteiger charge is -2.10. The Labute approximate surface area is 127 Å². The highest BCUT2D eigenvalue weighted by Crippen LogP contribution is 2.14. The number of guanidine groups is 1. The van der Waals surface area contributed by atoms with Gasteiger partial charge in [-0.25, -0.2) is 4.99 Å². The molecule has 0 radical (unpaired) electrons. The molecule has 2 aromatic rings. The number of nitrogens with zero attached hydrogens (tertiary/aromatic N) is 2. The molecule has 0 aliphatic carbocycles. The highest BCUT2D eigenvalue weighted by Gasteiger charge is 2.03. The van der Waals surface area contributed by atoms with Gasteiger partial charge in [-0.15, -0.1) is 0 Å². The van der Waals surface area contributed by atoms with Crippen molar-refractivity contribution in [2.24, 2.45) is 12.0 Å². The molecular weight excluding hydrogens is 320 g/mol. The van der Waals surface area contributed by atoms with Crippen molar-refractivity contribution in [2.45, 2.75) is 20.0 Å². The van der Waals surface area contributed by atoms with Crippen LogP contribution in [0, 0.1) is 0 Å². The maximum Gasteiger partial charge on any atom is 0.192 e. The molecule has 0 fully saturated rings. The summed E-state index contributed by atoms with van der Waals surface area (Å²) in [7, 11) is 2.01. The molecule has 0 aromatic carbocycles. The van der Waals surface area contributed by atoms with Crippen molar-refractivity contribution >= 4 is 21.9 Å². The molecular formula is C14H19BrN4O. The Balaban J connectivity index is 1.96. The molecule has 0 amide bonds. The van der Waals surface area contributed by atoms with Crippen LogP contribution in [-0.4, -0.2) is 17.1 Å². The Morgan fingerprint density at radius 3 is 2.90 bits per heavy atom. The quantitative estimate of drug-likeness (QED) is 0.650. The van der Waals surface area contributed by atoms with E-state index < -0.39 is 0 Å². The molecule has 0 aliphatic heterocycles. The summed E-state index contributed by atoms with van der Waals surface area (Å²) >= 11 is 3.46. The lowest BCUT2D eigenvalue weighted by molar-refractivity contribution is 0.501. The molecule has 0 spiro atoms. The van der Waals surface area contributed by atoms with Gasteiger partial charge in [-0.1, -0.05) is 0 Å². The van der Waals surface area contributed by atoms with Gasteiger partial charge in [-0.05, 0) is 41.1 Å². The highest BCUT2D eigenvalue weighted by molar-refractivity contribution is 9.10. The standard InChI is InChI=1S/C14H19BrN4O/c1-3-16-14(18-9-13-5-4-6-20-13)17-8-12-7-11(15)10-19(12)2/h4-7,10H,3,8-9H2,1-2H3,(H2,16,17,18). The molecule has 6 heteroatoms. The summed E-state index contributed by atoms with van der Waals surface area (Å²) in [5, 5.41) is 6.46. The van der Waals surface area contributed by atoms with Crippen molar-refractivity contribution in [2.75, 3.05) is 6.54 Å². The van der Waals surface area contributed by atoms with E-state index in [0.717, 1.165) is 28.4 Å². The molecule has 0 unspecified atom stereocenters. The SMILES string of the molecule is CCNC(=NCc1cc(Br)cn1C)NCc1ccco1. The monoisotopic (exact) mass is 338 g/mol. The van der Waals surface area contributed by atoms with E-state index in [0.29, 0.717) is 13.1 Å². The summed E-state index contributed by atoms with van der Waals surface area (Å²) in [5.74, 6) is 1.67. The Kier molecular flexibility index (Phi) is 5.29. The number of nitrogens with one attached hydrogen (secondary N) is 2. The average molecular weight is 339 g/mol. The zero-order chi connectivity index (χ0) is 14.4. The summed E-state index contributed by atoms with van der Waals surface area (Å²) in [5.41, 5.74) is 1.15. The highest BCUT2D eigenvalue weighted by atomic mass is 79.9. The molecule has 2 aromatic heterocycles. The van der Waals surface area contributed by atoms with E-state index in [-0.39, 0.29) is 0 Å². The maximum absolute atomic E-state index is 5.29. The fourth-order valence-corrected chi connectivity index (χ4v) is 2.38. The topological polar surface area (TPSA) is 54.5 Å². The third kappa shape index (κ3) is 4.16. The van der Waals surface area contributed by atoms with Crippen molar-refractivity contribution in [3.05, 3.63) is 46.6 Å². The lowest BCUT2D eigenvalue weighted by atomic mass is 10.4. The number of hydrogen-bond donors (Lipinski definition) is 2. The molecule has 0 aliphatic rings. The van der Waals surface area contributed by atoms with E-state index >= 15 is 0 Å². The minimum Gasteiger partial charge on any atom is -0.467 e. The van der Waals surface area contributed by atoms with Crippen LogP contribution in [0.4, 0.5) is 0 Å². The molecule has 0 saturated heterocycles. The van der Waals surface area contributed by atoms with E-state index in [4.69, 9.17) is 4.42 Å². The second kappa shape index (κ2) is 7.19. The van der Waals surface area contributed by atoms with Crippen LogP contribution < -0.4 is 10.6 Å². The third-order valence-corrected chi connectivity index (χ3v) is 3.26. The zero-order valence-electron chi connectivity index (χ0n) is 11.7. The molecule has 2 heterocycles. The molecule has 2 rings (SSSR count). The molecule has 20 heavy (non-hydrogen) atoms. The van der Waals surface area contributed by atoms with Gasteiger partial charge in [-0.3, -0.25) is 0 Å². The molecule has 108 valence electrons. The minimum atomic E-state index is 0.621. The largest absolute Gasteiger partial charge is 0.467 e. The van der Waals surface area contributed by atoms with Crippen LogP contribution in [0.1, 0.15) is 18.4 Å². The van der Waals surface area contributed by atoms with E-state index in [2.05, 4.69) is 42.2 Å². The van der Waals surface area contributed by atoms with Crippen molar-refractivity contribution < 1.29 is 4.42 Å². The second-order valence-corrected chi connectivity index (χ2v) is 5.30. The number of rotatable bonds is 5. The van der Waals surface area contributed by atoms with Crippen molar-refractivity contribution in [3.63, 3.8) is 0 Å². The molecule has 0 bridgehead atoms. The fraction of sp³-hybridized carbons (Fsp3) is 0.357. The van der Waals surface area contributed by atoms with E-state index in [1.165, 1.54) is 0 Å². The first-order valence-corrected chi connectivity index (χ1v) is 7.33. The summed E-state index contributed by atoms with van der Waals surface area (Å²) in [6, 6.07) is 5.88. The van der Waals surface area contributed by atoms with Crippen molar-refractivity contribution in [3.8, 4) is 0 Å². The van der Waals surface area contributed by atoms with E-state index in [1.54, 1.807) is 6.26 Å². The van der Waals surface area contributed by atoms with Gasteiger partial charge in [0.2, 0.25) is 0 Å². The number of aryl methyl sites for hydroxylation is 1. The molecule has 5 nitrogen and oxygen atoms in total. The van der Waals surface area contributed by atoms with Crippen molar-refractivity contribution in [1.29, 1.82) is 0 Å².